The fourth-order valence-electron chi connectivity index (χ4n) is 2.25. The summed E-state index contributed by atoms with van der Waals surface area (Å²) in [5, 5.41) is 2.84. The van der Waals surface area contributed by atoms with Gasteiger partial charge in [0.1, 0.15) is 6.61 Å². The van der Waals surface area contributed by atoms with Gasteiger partial charge < -0.3 is 20.5 Å². The lowest BCUT2D eigenvalue weighted by Crippen LogP contribution is -2.40. The number of halogens is 1. The standard InChI is InChI=1S/C19H25N3O3.ClH/c1-4-13(2)18(20)19(23)22-15-5-6-16(24-3)17(11-15)25-12-14-7-9-21-10-8-14;/h5-11,13,18H,4,12,20H2,1-3H3,(H,22,23);1H. The van der Waals surface area contributed by atoms with Crippen LogP contribution >= 0.6 is 12.4 Å². The van der Waals surface area contributed by atoms with Gasteiger partial charge in [-0.25, -0.2) is 0 Å². The minimum absolute atomic E-state index is 0. The van der Waals surface area contributed by atoms with Crippen molar-refractivity contribution in [2.24, 2.45) is 11.7 Å². The second-order valence-corrected chi connectivity index (χ2v) is 5.91. The molecule has 142 valence electrons. The molecule has 3 N–H and O–H groups in total. The molecule has 1 aromatic carbocycles. The average Bonchev–Trinajstić information content (AvgIpc) is 2.66. The van der Waals surface area contributed by atoms with E-state index >= 15 is 0 Å². The van der Waals surface area contributed by atoms with Gasteiger partial charge in [-0.15, -0.1) is 12.4 Å². The summed E-state index contributed by atoms with van der Waals surface area (Å²) in [6.45, 7) is 4.35. The number of benzene rings is 1. The normalized spacial score (nSPS) is 12.5. The fraction of sp³-hybridized carbons (Fsp3) is 0.368. The number of hydrogen-bond donors (Lipinski definition) is 2. The molecule has 1 heterocycles. The van der Waals surface area contributed by atoms with Gasteiger partial charge >= 0.3 is 0 Å². The number of nitrogens with two attached hydrogens (primary N) is 1. The molecule has 1 amide bonds. The molecule has 0 radical (unpaired) electrons. The number of amides is 1. The van der Waals surface area contributed by atoms with E-state index < -0.39 is 6.04 Å². The van der Waals surface area contributed by atoms with Crippen molar-refractivity contribution in [3.63, 3.8) is 0 Å². The van der Waals surface area contributed by atoms with Gasteiger partial charge in [0.2, 0.25) is 5.91 Å². The largest absolute Gasteiger partial charge is 0.493 e. The fourth-order valence-corrected chi connectivity index (χ4v) is 2.25. The zero-order valence-electron chi connectivity index (χ0n) is 15.3. The van der Waals surface area contributed by atoms with Crippen LogP contribution in [0.5, 0.6) is 11.5 Å². The second kappa shape index (κ2) is 10.6. The monoisotopic (exact) mass is 379 g/mol. The molecule has 26 heavy (non-hydrogen) atoms. The van der Waals surface area contributed by atoms with E-state index in [9.17, 15) is 4.79 Å². The highest BCUT2D eigenvalue weighted by molar-refractivity contribution is 5.95. The maximum Gasteiger partial charge on any atom is 0.241 e. The quantitative estimate of drug-likeness (QED) is 0.734. The van der Waals surface area contributed by atoms with Crippen LogP contribution < -0.4 is 20.5 Å². The average molecular weight is 380 g/mol. The van der Waals surface area contributed by atoms with E-state index in [1.54, 1.807) is 37.7 Å². The minimum atomic E-state index is -0.548. The summed E-state index contributed by atoms with van der Waals surface area (Å²) in [5.41, 5.74) is 7.58. The van der Waals surface area contributed by atoms with Crippen molar-refractivity contribution in [1.29, 1.82) is 0 Å². The summed E-state index contributed by atoms with van der Waals surface area (Å²) in [6.07, 6.45) is 4.27. The smallest absolute Gasteiger partial charge is 0.241 e. The Bertz CT molecular complexity index is 698. The Morgan fingerprint density at radius 3 is 2.54 bits per heavy atom. The highest BCUT2D eigenvalue weighted by Gasteiger charge is 2.20. The highest BCUT2D eigenvalue weighted by Crippen LogP contribution is 2.31. The second-order valence-electron chi connectivity index (χ2n) is 5.91. The molecule has 0 saturated carbocycles. The Kier molecular flexibility index (Phi) is 8.88. The lowest BCUT2D eigenvalue weighted by atomic mass is 9.99. The number of carbonyl (C=O) groups excluding carboxylic acids is 1. The van der Waals surface area contributed by atoms with Crippen molar-refractivity contribution in [1.82, 2.24) is 4.98 Å². The number of ether oxygens (including phenoxy) is 2. The van der Waals surface area contributed by atoms with Crippen LogP contribution in [0, 0.1) is 5.92 Å². The van der Waals surface area contributed by atoms with Crippen molar-refractivity contribution >= 4 is 24.0 Å². The van der Waals surface area contributed by atoms with Crippen molar-refractivity contribution in [2.45, 2.75) is 32.9 Å². The predicted molar refractivity (Wildman–Crippen MR) is 105 cm³/mol. The summed E-state index contributed by atoms with van der Waals surface area (Å²) in [7, 11) is 1.58. The number of pyridine rings is 1. The zero-order chi connectivity index (χ0) is 18.2. The van der Waals surface area contributed by atoms with E-state index in [2.05, 4.69) is 10.3 Å². The summed E-state index contributed by atoms with van der Waals surface area (Å²) in [6, 6.07) is 8.47. The molecule has 0 fully saturated rings. The van der Waals surface area contributed by atoms with Gasteiger partial charge in [0.15, 0.2) is 11.5 Å². The van der Waals surface area contributed by atoms with Crippen LogP contribution in [-0.4, -0.2) is 24.0 Å². The first-order valence-corrected chi connectivity index (χ1v) is 8.31. The minimum Gasteiger partial charge on any atom is -0.493 e. The summed E-state index contributed by atoms with van der Waals surface area (Å²) in [4.78, 5) is 16.2. The maximum absolute atomic E-state index is 12.2. The number of nitrogens with zero attached hydrogens (tertiary/aromatic N) is 1. The number of methoxy groups -OCH3 is 1. The van der Waals surface area contributed by atoms with Gasteiger partial charge in [-0.05, 0) is 35.7 Å². The highest BCUT2D eigenvalue weighted by atomic mass is 35.5. The number of nitrogens with one attached hydrogen (secondary N) is 1. The van der Waals surface area contributed by atoms with Crippen LogP contribution in [0.2, 0.25) is 0 Å². The lowest BCUT2D eigenvalue weighted by molar-refractivity contribution is -0.118. The Morgan fingerprint density at radius 2 is 1.92 bits per heavy atom. The summed E-state index contributed by atoms with van der Waals surface area (Å²) in [5.74, 6) is 1.05. The molecular weight excluding hydrogens is 354 g/mol. The van der Waals surface area contributed by atoms with E-state index in [1.165, 1.54) is 0 Å². The summed E-state index contributed by atoms with van der Waals surface area (Å²) < 4.78 is 11.2. The number of aromatic nitrogens is 1. The Morgan fingerprint density at radius 1 is 1.23 bits per heavy atom. The van der Waals surface area contributed by atoms with Gasteiger partial charge in [-0.2, -0.15) is 0 Å². The van der Waals surface area contributed by atoms with E-state index in [0.29, 0.717) is 23.8 Å². The van der Waals surface area contributed by atoms with Crippen LogP contribution in [0.25, 0.3) is 0 Å². The molecule has 2 aromatic rings. The van der Waals surface area contributed by atoms with E-state index in [0.717, 1.165) is 12.0 Å². The molecular formula is C19H26ClN3O3. The molecule has 6 nitrogen and oxygen atoms in total. The molecule has 1 aromatic heterocycles. The van der Waals surface area contributed by atoms with Gasteiger partial charge in [-0.3, -0.25) is 9.78 Å². The van der Waals surface area contributed by atoms with Crippen molar-refractivity contribution < 1.29 is 14.3 Å². The van der Waals surface area contributed by atoms with E-state index in [4.69, 9.17) is 15.2 Å². The van der Waals surface area contributed by atoms with Gasteiger partial charge in [0.25, 0.3) is 0 Å². The molecule has 0 aliphatic rings. The first-order chi connectivity index (χ1) is 12.0. The topological polar surface area (TPSA) is 86.5 Å². The molecule has 2 atom stereocenters. The molecule has 7 heteroatoms. The Balaban J connectivity index is 0.00000338. The van der Waals surface area contributed by atoms with Gasteiger partial charge in [-0.1, -0.05) is 20.3 Å². The predicted octanol–water partition coefficient (Wildman–Crippen LogP) is 3.40. The van der Waals surface area contributed by atoms with Crippen LogP contribution in [0.1, 0.15) is 25.8 Å². The molecule has 2 rings (SSSR count). The van der Waals surface area contributed by atoms with E-state index in [-0.39, 0.29) is 24.2 Å². The number of rotatable bonds is 8. The maximum atomic E-state index is 12.2. The lowest BCUT2D eigenvalue weighted by Gasteiger charge is -2.18. The number of carbonyl (C=O) groups is 1. The summed E-state index contributed by atoms with van der Waals surface area (Å²) >= 11 is 0. The van der Waals surface area contributed by atoms with Crippen molar-refractivity contribution in [2.75, 3.05) is 12.4 Å². The SMILES string of the molecule is CCC(C)C(N)C(=O)Nc1ccc(OC)c(OCc2ccncc2)c1.Cl. The molecule has 2 unspecified atom stereocenters. The van der Waals surface area contributed by atoms with Gasteiger partial charge in [0.05, 0.1) is 13.2 Å². The van der Waals surface area contributed by atoms with Crippen LogP contribution in [0.15, 0.2) is 42.7 Å². The third-order valence-corrected chi connectivity index (χ3v) is 4.13. The van der Waals surface area contributed by atoms with E-state index in [1.807, 2.05) is 26.0 Å². The number of anilines is 1. The van der Waals surface area contributed by atoms with Crippen molar-refractivity contribution in [3.05, 3.63) is 48.3 Å². The first-order valence-electron chi connectivity index (χ1n) is 8.31. The molecule has 0 bridgehead atoms. The molecule has 0 spiro atoms. The molecule has 0 saturated heterocycles. The first kappa shape index (κ1) is 21.7. The zero-order valence-corrected chi connectivity index (χ0v) is 16.1. The van der Waals surface area contributed by atoms with Crippen molar-refractivity contribution in [3.8, 4) is 11.5 Å². The molecule has 0 aliphatic heterocycles. The Hall–Kier alpha value is -2.31. The molecule has 0 aliphatic carbocycles. The third-order valence-electron chi connectivity index (χ3n) is 4.13. The Labute approximate surface area is 160 Å². The van der Waals surface area contributed by atoms with Crippen LogP contribution in [0.3, 0.4) is 0 Å². The van der Waals surface area contributed by atoms with Crippen LogP contribution in [0.4, 0.5) is 5.69 Å². The number of hydrogen-bond acceptors (Lipinski definition) is 5. The third kappa shape index (κ3) is 5.89. The van der Waals surface area contributed by atoms with Gasteiger partial charge in [0, 0.05) is 24.1 Å². The van der Waals surface area contributed by atoms with Crippen LogP contribution in [-0.2, 0) is 11.4 Å².